The van der Waals surface area contributed by atoms with Gasteiger partial charge in [0.2, 0.25) is 5.88 Å². The molecule has 0 aliphatic rings. The van der Waals surface area contributed by atoms with E-state index in [1.165, 1.54) is 0 Å². The second-order valence-electron chi connectivity index (χ2n) is 4.89. The molecule has 0 aliphatic heterocycles. The van der Waals surface area contributed by atoms with Crippen molar-refractivity contribution in [3.63, 3.8) is 0 Å². The van der Waals surface area contributed by atoms with E-state index in [4.69, 9.17) is 9.47 Å². The Kier molecular flexibility index (Phi) is 5.37. The Morgan fingerprint density at radius 3 is 2.50 bits per heavy atom. The van der Waals surface area contributed by atoms with E-state index in [0.717, 1.165) is 23.1 Å². The van der Waals surface area contributed by atoms with Gasteiger partial charge in [-0.2, -0.15) is 4.98 Å². The minimum absolute atomic E-state index is 0.164. The Balaban J connectivity index is 2.61. The van der Waals surface area contributed by atoms with E-state index >= 15 is 0 Å². The standard InChI is InChI=1S/C12H23N3O2S/c1-12(2,17-6)8-13-7-9-10(16-5)14-11(18-9)15(3)4/h13H,7-8H2,1-6H3. The lowest BCUT2D eigenvalue weighted by molar-refractivity contribution is 0.0231. The molecule has 1 rings (SSSR count). The molecule has 18 heavy (non-hydrogen) atoms. The molecule has 1 N–H and O–H groups in total. The average Bonchev–Trinajstić information content (AvgIpc) is 2.72. The molecule has 0 saturated heterocycles. The number of thiazole rings is 1. The number of ether oxygens (including phenoxy) is 2. The summed E-state index contributed by atoms with van der Waals surface area (Å²) in [6.45, 7) is 5.62. The van der Waals surface area contributed by atoms with E-state index in [1.54, 1.807) is 25.6 Å². The van der Waals surface area contributed by atoms with Gasteiger partial charge in [-0.1, -0.05) is 11.3 Å². The Hall–Kier alpha value is -0.850. The second-order valence-corrected chi connectivity index (χ2v) is 5.95. The Bertz CT molecular complexity index is 377. The van der Waals surface area contributed by atoms with E-state index in [9.17, 15) is 0 Å². The molecule has 0 aliphatic carbocycles. The average molecular weight is 273 g/mol. The monoisotopic (exact) mass is 273 g/mol. The lowest BCUT2D eigenvalue weighted by Crippen LogP contribution is -2.36. The first-order valence-electron chi connectivity index (χ1n) is 5.86. The molecular weight excluding hydrogens is 250 g/mol. The molecule has 0 amide bonds. The molecule has 5 nitrogen and oxygen atoms in total. The van der Waals surface area contributed by atoms with Crippen LogP contribution in [0.4, 0.5) is 5.13 Å². The zero-order valence-electron chi connectivity index (χ0n) is 12.0. The SMILES string of the molecule is COc1nc(N(C)C)sc1CNCC(C)(C)OC. The molecule has 1 aromatic heterocycles. The third-order valence-corrected chi connectivity index (χ3v) is 3.82. The van der Waals surface area contributed by atoms with Crippen LogP contribution in [0.3, 0.4) is 0 Å². The number of aromatic nitrogens is 1. The van der Waals surface area contributed by atoms with Gasteiger partial charge in [-0.05, 0) is 13.8 Å². The second kappa shape index (κ2) is 6.36. The number of nitrogens with one attached hydrogen (secondary N) is 1. The molecule has 6 heteroatoms. The highest BCUT2D eigenvalue weighted by Crippen LogP contribution is 2.30. The van der Waals surface area contributed by atoms with E-state index < -0.39 is 0 Å². The minimum atomic E-state index is -0.164. The van der Waals surface area contributed by atoms with Gasteiger partial charge in [0, 0.05) is 34.3 Å². The zero-order chi connectivity index (χ0) is 13.8. The van der Waals surface area contributed by atoms with Crippen molar-refractivity contribution in [2.45, 2.75) is 26.0 Å². The fourth-order valence-corrected chi connectivity index (χ4v) is 2.26. The molecule has 0 aromatic carbocycles. The smallest absolute Gasteiger partial charge is 0.230 e. The first kappa shape index (κ1) is 15.2. The molecule has 0 radical (unpaired) electrons. The van der Waals surface area contributed by atoms with Crippen LogP contribution in [0.15, 0.2) is 0 Å². The molecule has 0 bridgehead atoms. The summed E-state index contributed by atoms with van der Waals surface area (Å²) in [6, 6.07) is 0. The summed E-state index contributed by atoms with van der Waals surface area (Å²) in [7, 11) is 7.32. The number of anilines is 1. The fraction of sp³-hybridized carbons (Fsp3) is 0.750. The number of rotatable bonds is 7. The molecule has 0 unspecified atom stereocenters. The molecule has 0 fully saturated rings. The molecule has 0 atom stereocenters. The Morgan fingerprint density at radius 1 is 1.33 bits per heavy atom. The minimum Gasteiger partial charge on any atom is -0.480 e. The van der Waals surface area contributed by atoms with E-state index in [0.29, 0.717) is 5.88 Å². The van der Waals surface area contributed by atoms with Gasteiger partial charge >= 0.3 is 0 Å². The molecule has 104 valence electrons. The molecular formula is C12H23N3O2S. The number of methoxy groups -OCH3 is 2. The van der Waals surface area contributed by atoms with Gasteiger partial charge in [0.05, 0.1) is 17.6 Å². The first-order chi connectivity index (χ1) is 8.39. The lowest BCUT2D eigenvalue weighted by Gasteiger charge is -2.23. The topological polar surface area (TPSA) is 46.6 Å². The normalized spacial score (nSPS) is 11.7. The highest BCUT2D eigenvalue weighted by Gasteiger charge is 2.17. The van der Waals surface area contributed by atoms with Crippen LogP contribution in [0.1, 0.15) is 18.7 Å². The molecule has 1 aromatic rings. The van der Waals surface area contributed by atoms with Gasteiger partial charge in [0.1, 0.15) is 0 Å². The Labute approximate surface area is 113 Å². The zero-order valence-corrected chi connectivity index (χ0v) is 12.8. The largest absolute Gasteiger partial charge is 0.480 e. The van der Waals surface area contributed by atoms with Crippen LogP contribution in [-0.2, 0) is 11.3 Å². The van der Waals surface area contributed by atoms with Crippen molar-refractivity contribution in [2.24, 2.45) is 0 Å². The van der Waals surface area contributed by atoms with Gasteiger partial charge in [0.15, 0.2) is 5.13 Å². The van der Waals surface area contributed by atoms with E-state index in [1.807, 2.05) is 19.0 Å². The maximum absolute atomic E-state index is 5.36. The fourth-order valence-electron chi connectivity index (χ4n) is 1.34. The highest BCUT2D eigenvalue weighted by atomic mass is 32.1. The predicted molar refractivity (Wildman–Crippen MR) is 75.8 cm³/mol. The summed E-state index contributed by atoms with van der Waals surface area (Å²) in [5.41, 5.74) is -0.164. The maximum atomic E-state index is 5.36. The lowest BCUT2D eigenvalue weighted by atomic mass is 10.1. The molecule has 0 spiro atoms. The quantitative estimate of drug-likeness (QED) is 0.820. The number of hydrogen-bond donors (Lipinski definition) is 1. The van der Waals surface area contributed by atoms with Crippen molar-refractivity contribution in [3.8, 4) is 5.88 Å². The van der Waals surface area contributed by atoms with Crippen LogP contribution in [-0.4, -0.2) is 45.4 Å². The van der Waals surface area contributed by atoms with Crippen LogP contribution < -0.4 is 15.0 Å². The van der Waals surface area contributed by atoms with E-state index in [-0.39, 0.29) is 5.60 Å². The van der Waals surface area contributed by atoms with Crippen molar-refractivity contribution >= 4 is 16.5 Å². The van der Waals surface area contributed by atoms with Crippen molar-refractivity contribution < 1.29 is 9.47 Å². The molecule has 0 saturated carbocycles. The van der Waals surface area contributed by atoms with Crippen molar-refractivity contribution in [2.75, 3.05) is 39.8 Å². The van der Waals surface area contributed by atoms with Gasteiger partial charge in [-0.3, -0.25) is 0 Å². The van der Waals surface area contributed by atoms with Crippen molar-refractivity contribution in [1.82, 2.24) is 10.3 Å². The van der Waals surface area contributed by atoms with Crippen molar-refractivity contribution in [1.29, 1.82) is 0 Å². The summed E-state index contributed by atoms with van der Waals surface area (Å²) in [6.07, 6.45) is 0. The summed E-state index contributed by atoms with van der Waals surface area (Å²) in [4.78, 5) is 7.50. The number of hydrogen-bond acceptors (Lipinski definition) is 6. The van der Waals surface area contributed by atoms with Gasteiger partial charge in [-0.15, -0.1) is 0 Å². The molecule has 1 heterocycles. The van der Waals surface area contributed by atoms with Crippen LogP contribution in [0.2, 0.25) is 0 Å². The van der Waals surface area contributed by atoms with Gasteiger partial charge in [0.25, 0.3) is 0 Å². The van der Waals surface area contributed by atoms with Gasteiger partial charge < -0.3 is 19.7 Å². The summed E-state index contributed by atoms with van der Waals surface area (Å²) >= 11 is 1.64. The van der Waals surface area contributed by atoms with Crippen LogP contribution in [0, 0.1) is 0 Å². The maximum Gasteiger partial charge on any atom is 0.230 e. The first-order valence-corrected chi connectivity index (χ1v) is 6.68. The van der Waals surface area contributed by atoms with Crippen LogP contribution in [0.25, 0.3) is 0 Å². The van der Waals surface area contributed by atoms with Crippen LogP contribution in [0.5, 0.6) is 5.88 Å². The summed E-state index contributed by atoms with van der Waals surface area (Å²) < 4.78 is 10.6. The van der Waals surface area contributed by atoms with Crippen LogP contribution >= 0.6 is 11.3 Å². The van der Waals surface area contributed by atoms with Gasteiger partial charge in [-0.25, -0.2) is 0 Å². The predicted octanol–water partition coefficient (Wildman–Crippen LogP) is 1.73. The van der Waals surface area contributed by atoms with E-state index in [2.05, 4.69) is 24.1 Å². The van der Waals surface area contributed by atoms with Crippen molar-refractivity contribution in [3.05, 3.63) is 4.88 Å². The summed E-state index contributed by atoms with van der Waals surface area (Å²) in [5, 5.41) is 4.32. The third-order valence-electron chi connectivity index (χ3n) is 2.62. The highest BCUT2D eigenvalue weighted by molar-refractivity contribution is 7.15. The third kappa shape index (κ3) is 4.12. The number of nitrogens with zero attached hydrogens (tertiary/aromatic N) is 2. The Morgan fingerprint density at radius 2 is 2.00 bits per heavy atom. The summed E-state index contributed by atoms with van der Waals surface area (Å²) in [5.74, 6) is 0.700.